The number of rotatable bonds is 7. The molecule has 4 aromatic heterocycles. The van der Waals surface area contributed by atoms with Gasteiger partial charge in [-0.15, -0.1) is 0 Å². The van der Waals surface area contributed by atoms with Gasteiger partial charge in [0.2, 0.25) is 0 Å². The maximum absolute atomic E-state index is 6.37. The Morgan fingerprint density at radius 2 is 0.957 bits per heavy atom. The van der Waals surface area contributed by atoms with Crippen LogP contribution in [0.25, 0.3) is 122 Å². The first kappa shape index (κ1) is 39.1. The SMILES string of the molecule is C1=CCC(c2cc(-c3nc(-c4ccccc4)nc(-c4ccc5c(c4)oc4ccccc45)n3)cc(-c3ccccc3)c2-n2c3ccccc3c3cc(-n4c5ccccc5c5ccccc54)ccc32)C=C1. The van der Waals surface area contributed by atoms with Crippen molar-refractivity contribution in [2.24, 2.45) is 0 Å². The molecule has 0 radical (unpaired) electrons. The van der Waals surface area contributed by atoms with Crippen LogP contribution in [0.2, 0.25) is 0 Å². The minimum Gasteiger partial charge on any atom is -0.456 e. The summed E-state index contributed by atoms with van der Waals surface area (Å²) in [5.41, 5.74) is 14.6. The molecule has 9 aromatic carbocycles. The van der Waals surface area contributed by atoms with Crippen molar-refractivity contribution in [3.63, 3.8) is 0 Å². The summed E-state index contributed by atoms with van der Waals surface area (Å²) >= 11 is 0. The highest BCUT2D eigenvalue weighted by atomic mass is 16.3. The largest absolute Gasteiger partial charge is 0.456 e. The molecule has 13 aromatic rings. The van der Waals surface area contributed by atoms with Crippen LogP contribution >= 0.6 is 0 Å². The van der Waals surface area contributed by atoms with E-state index in [0.29, 0.717) is 17.5 Å². The number of nitrogens with zero attached hydrogens (tertiary/aromatic N) is 5. The second kappa shape index (κ2) is 15.8. The zero-order chi connectivity index (χ0) is 45.4. The molecular weight excluding hydrogens is 843 g/mol. The van der Waals surface area contributed by atoms with Gasteiger partial charge < -0.3 is 13.6 Å². The number of hydrogen-bond donors (Lipinski definition) is 0. The number of fused-ring (bicyclic) bond motifs is 9. The van der Waals surface area contributed by atoms with Crippen molar-refractivity contribution in [1.29, 1.82) is 0 Å². The highest BCUT2D eigenvalue weighted by molar-refractivity contribution is 6.13. The predicted octanol–water partition coefficient (Wildman–Crippen LogP) is 16.2. The minimum absolute atomic E-state index is 0.0749. The molecular formula is C63H41N5O. The van der Waals surface area contributed by atoms with E-state index >= 15 is 0 Å². The lowest BCUT2D eigenvalue weighted by Gasteiger charge is -2.25. The summed E-state index contributed by atoms with van der Waals surface area (Å²) in [5, 5.41) is 7.02. The summed E-state index contributed by atoms with van der Waals surface area (Å²) < 4.78 is 11.3. The average Bonchev–Trinajstić information content (AvgIpc) is 4.08. The van der Waals surface area contributed by atoms with Crippen LogP contribution in [0.4, 0.5) is 0 Å². The van der Waals surface area contributed by atoms with Gasteiger partial charge in [-0.1, -0.05) is 164 Å². The molecule has 1 unspecified atom stereocenters. The second-order valence-electron chi connectivity index (χ2n) is 17.9. The first-order chi connectivity index (χ1) is 34.2. The summed E-state index contributed by atoms with van der Waals surface area (Å²) in [5.74, 6) is 1.86. The van der Waals surface area contributed by atoms with Crippen molar-refractivity contribution in [2.45, 2.75) is 12.3 Å². The molecule has 0 spiro atoms. The summed E-state index contributed by atoms with van der Waals surface area (Å²) in [4.78, 5) is 15.8. The zero-order valence-corrected chi connectivity index (χ0v) is 37.4. The normalized spacial score (nSPS) is 13.8. The lowest BCUT2D eigenvalue weighted by atomic mass is 9.86. The molecule has 6 nitrogen and oxygen atoms in total. The van der Waals surface area contributed by atoms with Gasteiger partial charge in [0, 0.05) is 66.2 Å². The molecule has 0 bridgehead atoms. The summed E-state index contributed by atoms with van der Waals surface area (Å²) in [6.45, 7) is 0. The van der Waals surface area contributed by atoms with Crippen LogP contribution in [0.5, 0.6) is 0 Å². The Labute approximate surface area is 397 Å². The Morgan fingerprint density at radius 3 is 1.65 bits per heavy atom. The van der Waals surface area contributed by atoms with E-state index in [1.807, 2.05) is 36.4 Å². The topological polar surface area (TPSA) is 61.7 Å². The number of aromatic nitrogens is 5. The van der Waals surface area contributed by atoms with Crippen LogP contribution in [0.15, 0.2) is 235 Å². The Bertz CT molecular complexity index is 4180. The predicted molar refractivity (Wildman–Crippen MR) is 283 cm³/mol. The van der Waals surface area contributed by atoms with Crippen molar-refractivity contribution in [3.8, 4) is 56.7 Å². The first-order valence-corrected chi connectivity index (χ1v) is 23.5. The third-order valence-electron chi connectivity index (χ3n) is 13.9. The molecule has 6 heteroatoms. The third-order valence-corrected chi connectivity index (χ3v) is 13.9. The fourth-order valence-electron chi connectivity index (χ4n) is 10.7. The molecule has 14 rings (SSSR count). The third kappa shape index (κ3) is 6.37. The van der Waals surface area contributed by atoms with Gasteiger partial charge in [0.25, 0.3) is 0 Å². The number of furan rings is 1. The Morgan fingerprint density at radius 1 is 0.391 bits per heavy atom. The molecule has 1 atom stereocenters. The monoisotopic (exact) mass is 883 g/mol. The lowest BCUT2D eigenvalue weighted by molar-refractivity contribution is 0.669. The maximum Gasteiger partial charge on any atom is 0.164 e. The van der Waals surface area contributed by atoms with Gasteiger partial charge in [-0.3, -0.25) is 0 Å². The Kier molecular flexibility index (Phi) is 8.92. The van der Waals surface area contributed by atoms with Crippen molar-refractivity contribution in [2.75, 3.05) is 0 Å². The van der Waals surface area contributed by atoms with Crippen LogP contribution in [-0.2, 0) is 0 Å². The fourth-order valence-corrected chi connectivity index (χ4v) is 10.7. The van der Waals surface area contributed by atoms with Gasteiger partial charge >= 0.3 is 0 Å². The standard InChI is InChI=1S/C63H41N5O/c1-4-18-40(19-5-1)51-36-44(63-65-61(42-22-8-3-9-23-42)64-62(66-63)43-32-34-50-49-27-13-17-31-58(49)69-59(50)38-43)37-52(41-20-6-2-7-21-41)60(51)68-56-30-16-12-26-48(56)53-39-45(33-35-57(53)68)67-54-28-14-10-24-46(54)47-25-11-15-29-55(47)67/h1-20,22-39,41H,21H2. The molecule has 0 saturated carbocycles. The van der Waals surface area contributed by atoms with Crippen LogP contribution in [0.3, 0.4) is 0 Å². The molecule has 0 amide bonds. The van der Waals surface area contributed by atoms with Gasteiger partial charge in [0.05, 0.1) is 27.8 Å². The van der Waals surface area contributed by atoms with Crippen molar-refractivity contribution < 1.29 is 4.42 Å². The molecule has 0 saturated heterocycles. The Hall–Kier alpha value is -9.13. The van der Waals surface area contributed by atoms with E-state index in [-0.39, 0.29) is 5.92 Å². The highest BCUT2D eigenvalue weighted by Gasteiger charge is 2.26. The van der Waals surface area contributed by atoms with E-state index in [1.165, 1.54) is 38.1 Å². The van der Waals surface area contributed by atoms with Gasteiger partial charge in [-0.2, -0.15) is 0 Å². The van der Waals surface area contributed by atoms with Crippen molar-refractivity contribution in [1.82, 2.24) is 24.1 Å². The number of allylic oxidation sites excluding steroid dienone is 4. The summed E-state index contributed by atoms with van der Waals surface area (Å²) in [6, 6.07) is 73.3. The quantitative estimate of drug-likeness (QED) is 0.160. The molecule has 1 aliphatic rings. The smallest absolute Gasteiger partial charge is 0.164 e. The van der Waals surface area contributed by atoms with E-state index in [0.717, 1.165) is 78.6 Å². The molecule has 0 aliphatic heterocycles. The van der Waals surface area contributed by atoms with Crippen molar-refractivity contribution in [3.05, 3.63) is 236 Å². The van der Waals surface area contributed by atoms with Crippen molar-refractivity contribution >= 4 is 65.6 Å². The number of para-hydroxylation sites is 4. The summed E-state index contributed by atoms with van der Waals surface area (Å²) in [7, 11) is 0. The van der Waals surface area contributed by atoms with Crippen LogP contribution in [0.1, 0.15) is 17.9 Å². The van der Waals surface area contributed by atoms with Gasteiger partial charge in [-0.25, -0.2) is 15.0 Å². The number of benzene rings is 9. The molecule has 0 N–H and O–H groups in total. The van der Waals surface area contributed by atoms with Crippen LogP contribution < -0.4 is 0 Å². The van der Waals surface area contributed by atoms with E-state index in [2.05, 4.69) is 203 Å². The van der Waals surface area contributed by atoms with Gasteiger partial charge in [0.15, 0.2) is 17.5 Å². The molecule has 69 heavy (non-hydrogen) atoms. The molecule has 4 heterocycles. The fraction of sp³-hybridized carbons (Fsp3) is 0.0317. The van der Waals surface area contributed by atoms with Gasteiger partial charge in [0.1, 0.15) is 11.2 Å². The molecule has 324 valence electrons. The first-order valence-electron chi connectivity index (χ1n) is 23.5. The number of hydrogen-bond acceptors (Lipinski definition) is 4. The van der Waals surface area contributed by atoms with Crippen LogP contribution in [-0.4, -0.2) is 24.1 Å². The summed E-state index contributed by atoms with van der Waals surface area (Å²) in [6.07, 6.45) is 9.79. The molecule has 1 aliphatic carbocycles. The molecule has 0 fully saturated rings. The van der Waals surface area contributed by atoms with Crippen LogP contribution in [0, 0.1) is 0 Å². The van der Waals surface area contributed by atoms with E-state index < -0.39 is 0 Å². The maximum atomic E-state index is 6.37. The van der Waals surface area contributed by atoms with E-state index in [4.69, 9.17) is 19.4 Å². The second-order valence-corrected chi connectivity index (χ2v) is 17.9. The average molecular weight is 884 g/mol. The zero-order valence-electron chi connectivity index (χ0n) is 37.4. The highest BCUT2D eigenvalue weighted by Crippen LogP contribution is 2.45. The minimum atomic E-state index is 0.0749. The van der Waals surface area contributed by atoms with Gasteiger partial charge in [-0.05, 0) is 84.3 Å². The van der Waals surface area contributed by atoms with E-state index in [9.17, 15) is 0 Å². The van der Waals surface area contributed by atoms with E-state index in [1.54, 1.807) is 0 Å². The Balaban J connectivity index is 1.03. The lowest BCUT2D eigenvalue weighted by Crippen LogP contribution is -2.08.